The Morgan fingerprint density at radius 3 is 2.32 bits per heavy atom. The predicted molar refractivity (Wildman–Crippen MR) is 82.7 cm³/mol. The maximum atomic E-state index is 13.5. The van der Waals surface area contributed by atoms with Crippen molar-refractivity contribution in [1.29, 1.82) is 0 Å². The van der Waals surface area contributed by atoms with E-state index in [0.29, 0.717) is 10.7 Å². The molecular weight excluding hydrogens is 448 g/mol. The molecule has 0 unspecified atom stereocenters. The van der Waals surface area contributed by atoms with Crippen LogP contribution >= 0.6 is 55.1 Å². The average molecular weight is 458 g/mol. The Bertz CT molecular complexity index is 579. The molecule has 0 aromatic heterocycles. The molecule has 0 saturated heterocycles. The zero-order valence-corrected chi connectivity index (χ0v) is 15.2. The summed E-state index contributed by atoms with van der Waals surface area (Å²) in [6, 6.07) is 2.32. The van der Waals surface area contributed by atoms with E-state index >= 15 is 0 Å². The summed E-state index contributed by atoms with van der Waals surface area (Å²) in [7, 11) is -3.95. The first kappa shape index (κ1) is 17.7. The van der Waals surface area contributed by atoms with Gasteiger partial charge in [0.25, 0.3) is 0 Å². The van der Waals surface area contributed by atoms with Crippen LogP contribution < -0.4 is 4.72 Å². The first-order chi connectivity index (χ1) is 8.67. The van der Waals surface area contributed by atoms with E-state index in [9.17, 15) is 12.8 Å². The second-order valence-electron chi connectivity index (χ2n) is 4.11. The first-order valence-corrected chi connectivity index (χ1v) is 9.44. The van der Waals surface area contributed by atoms with Gasteiger partial charge in [-0.1, -0.05) is 55.1 Å². The van der Waals surface area contributed by atoms with Gasteiger partial charge in [-0.3, -0.25) is 0 Å². The molecular formula is C10H10Br2Cl2FNO2S. The molecule has 1 rings (SSSR count). The maximum absolute atomic E-state index is 13.5. The van der Waals surface area contributed by atoms with Crippen molar-refractivity contribution in [2.45, 2.75) is 17.4 Å². The monoisotopic (exact) mass is 455 g/mol. The van der Waals surface area contributed by atoms with Crippen LogP contribution in [-0.4, -0.2) is 24.6 Å². The molecule has 108 valence electrons. The van der Waals surface area contributed by atoms with Gasteiger partial charge in [-0.2, -0.15) is 0 Å². The lowest BCUT2D eigenvalue weighted by Crippen LogP contribution is -2.48. The summed E-state index contributed by atoms with van der Waals surface area (Å²) in [4.78, 5) is -0.343. The second kappa shape index (κ2) is 6.58. The normalized spacial score (nSPS) is 12.7. The summed E-state index contributed by atoms with van der Waals surface area (Å²) < 4.78 is 40.4. The van der Waals surface area contributed by atoms with Gasteiger partial charge >= 0.3 is 0 Å². The van der Waals surface area contributed by atoms with Crippen molar-refractivity contribution >= 4 is 65.1 Å². The predicted octanol–water partition coefficient (Wildman–Crippen LogP) is 3.96. The Balaban J connectivity index is 3.26. The summed E-state index contributed by atoms with van der Waals surface area (Å²) in [6.07, 6.45) is 0. The fourth-order valence-corrected chi connectivity index (χ4v) is 4.92. The van der Waals surface area contributed by atoms with E-state index in [1.807, 2.05) is 0 Å². The topological polar surface area (TPSA) is 46.2 Å². The molecule has 0 aliphatic heterocycles. The van der Waals surface area contributed by atoms with Gasteiger partial charge in [-0.25, -0.2) is 17.5 Å². The van der Waals surface area contributed by atoms with Crippen LogP contribution in [0.1, 0.15) is 6.92 Å². The molecule has 0 amide bonds. The van der Waals surface area contributed by atoms with Crippen molar-refractivity contribution in [3.63, 3.8) is 0 Å². The molecule has 1 aromatic carbocycles. The molecule has 0 aliphatic rings. The summed E-state index contributed by atoms with van der Waals surface area (Å²) >= 11 is 17.7. The quantitative estimate of drug-likeness (QED) is 0.537. The van der Waals surface area contributed by atoms with Crippen LogP contribution in [0.5, 0.6) is 0 Å². The minimum Gasteiger partial charge on any atom is -0.207 e. The van der Waals surface area contributed by atoms with Gasteiger partial charge in [0, 0.05) is 16.2 Å². The lowest BCUT2D eigenvalue weighted by Gasteiger charge is -2.26. The smallest absolute Gasteiger partial charge is 0.207 e. The third kappa shape index (κ3) is 4.04. The average Bonchev–Trinajstić information content (AvgIpc) is 2.35. The molecule has 0 bridgehead atoms. The van der Waals surface area contributed by atoms with Crippen LogP contribution in [0.3, 0.4) is 0 Å². The van der Waals surface area contributed by atoms with Crippen molar-refractivity contribution in [3.8, 4) is 0 Å². The zero-order chi connectivity index (χ0) is 14.8. The fourth-order valence-electron chi connectivity index (χ4n) is 1.19. The molecule has 1 N–H and O–H groups in total. The van der Waals surface area contributed by atoms with E-state index in [1.165, 1.54) is 6.07 Å². The zero-order valence-electron chi connectivity index (χ0n) is 9.68. The number of halogens is 5. The van der Waals surface area contributed by atoms with Crippen molar-refractivity contribution in [2.75, 3.05) is 10.7 Å². The van der Waals surface area contributed by atoms with Crippen molar-refractivity contribution in [2.24, 2.45) is 0 Å². The summed E-state index contributed by atoms with van der Waals surface area (Å²) in [5.74, 6) is -0.953. The second-order valence-corrected chi connectivity index (χ2v) is 7.66. The summed E-state index contributed by atoms with van der Waals surface area (Å²) in [5, 5.41) is -0.00438. The Morgan fingerprint density at radius 2 is 1.84 bits per heavy atom. The van der Waals surface area contributed by atoms with E-state index in [1.54, 1.807) is 6.92 Å². The van der Waals surface area contributed by atoms with Gasteiger partial charge < -0.3 is 0 Å². The highest BCUT2D eigenvalue weighted by Gasteiger charge is 2.31. The van der Waals surface area contributed by atoms with Crippen LogP contribution in [0.2, 0.25) is 10.0 Å². The summed E-state index contributed by atoms with van der Waals surface area (Å²) in [5.41, 5.74) is -0.766. The minimum atomic E-state index is -3.95. The molecule has 3 nitrogen and oxygen atoms in total. The first-order valence-electron chi connectivity index (χ1n) is 4.96. The standard InChI is InChI=1S/C10H10Br2Cl2FNO2S/c1-10(4-11,5-12)16-19(17,18)7-3-2-6(13)9(15)8(7)14/h2-3,16H,4-5H2,1H3. The van der Waals surface area contributed by atoms with Crippen molar-refractivity contribution in [1.82, 2.24) is 4.72 Å². The number of benzene rings is 1. The molecule has 0 saturated carbocycles. The van der Waals surface area contributed by atoms with Gasteiger partial charge in [0.1, 0.15) is 4.90 Å². The fraction of sp³-hybridized carbons (Fsp3) is 0.400. The van der Waals surface area contributed by atoms with Gasteiger partial charge in [0.15, 0.2) is 5.82 Å². The van der Waals surface area contributed by atoms with E-state index < -0.39 is 26.4 Å². The Hall–Kier alpha value is 0.600. The van der Waals surface area contributed by atoms with Gasteiger partial charge in [0.2, 0.25) is 10.0 Å². The Kier molecular flexibility index (Phi) is 6.11. The largest absolute Gasteiger partial charge is 0.242 e. The van der Waals surface area contributed by atoms with E-state index in [4.69, 9.17) is 23.2 Å². The van der Waals surface area contributed by atoms with Crippen LogP contribution in [0, 0.1) is 5.82 Å². The van der Waals surface area contributed by atoms with Gasteiger partial charge in [-0.15, -0.1) is 0 Å². The third-order valence-electron chi connectivity index (χ3n) is 2.26. The van der Waals surface area contributed by atoms with Crippen LogP contribution in [0.4, 0.5) is 4.39 Å². The number of sulfonamides is 1. The lowest BCUT2D eigenvalue weighted by molar-refractivity contribution is 0.508. The molecule has 0 radical (unpaired) electrons. The molecule has 0 heterocycles. The highest BCUT2D eigenvalue weighted by molar-refractivity contribution is 9.09. The number of rotatable bonds is 5. The van der Waals surface area contributed by atoms with Crippen molar-refractivity contribution in [3.05, 3.63) is 28.0 Å². The van der Waals surface area contributed by atoms with E-state index in [-0.39, 0.29) is 9.92 Å². The highest BCUT2D eigenvalue weighted by Crippen LogP contribution is 2.30. The van der Waals surface area contributed by atoms with Crippen LogP contribution in [0.25, 0.3) is 0 Å². The van der Waals surface area contributed by atoms with Crippen LogP contribution in [-0.2, 0) is 10.0 Å². The lowest BCUT2D eigenvalue weighted by atomic mass is 10.1. The molecule has 0 fully saturated rings. The molecule has 0 atom stereocenters. The number of nitrogens with one attached hydrogen (secondary N) is 1. The maximum Gasteiger partial charge on any atom is 0.242 e. The molecule has 9 heteroatoms. The highest BCUT2D eigenvalue weighted by atomic mass is 79.9. The third-order valence-corrected chi connectivity index (χ3v) is 7.19. The Morgan fingerprint density at radius 1 is 1.32 bits per heavy atom. The van der Waals surface area contributed by atoms with E-state index in [0.717, 1.165) is 6.07 Å². The van der Waals surface area contributed by atoms with Crippen LogP contribution in [0.15, 0.2) is 17.0 Å². The molecule has 19 heavy (non-hydrogen) atoms. The van der Waals surface area contributed by atoms with Crippen molar-refractivity contribution < 1.29 is 12.8 Å². The molecule has 0 aliphatic carbocycles. The molecule has 1 aromatic rings. The summed E-state index contributed by atoms with van der Waals surface area (Å²) in [6.45, 7) is 1.69. The minimum absolute atomic E-state index is 0.229. The number of hydrogen-bond acceptors (Lipinski definition) is 2. The van der Waals surface area contributed by atoms with Gasteiger partial charge in [-0.05, 0) is 19.1 Å². The van der Waals surface area contributed by atoms with E-state index in [2.05, 4.69) is 36.6 Å². The Labute approximate surface area is 138 Å². The SMILES string of the molecule is CC(CBr)(CBr)NS(=O)(=O)c1ccc(Cl)c(F)c1Cl. The number of hydrogen-bond donors (Lipinski definition) is 1. The number of alkyl halides is 2. The molecule has 0 spiro atoms. The van der Waals surface area contributed by atoms with Gasteiger partial charge in [0.05, 0.1) is 10.0 Å².